The molecule has 0 unspecified atom stereocenters. The second-order valence-corrected chi connectivity index (χ2v) is 6.15. The number of carbonyl (C=O) groups is 2. The molecule has 0 aliphatic rings. The number of nitrogens with one attached hydrogen (secondary N) is 1. The zero-order valence-corrected chi connectivity index (χ0v) is 13.7. The summed E-state index contributed by atoms with van der Waals surface area (Å²) in [5.74, 6) is -1.16. The van der Waals surface area contributed by atoms with Gasteiger partial charge in [-0.1, -0.05) is 37.8 Å². The van der Waals surface area contributed by atoms with Crippen LogP contribution in [0.25, 0.3) is 0 Å². The van der Waals surface area contributed by atoms with Crippen LogP contribution in [0.4, 0.5) is 0 Å². The number of ether oxygens (including phenoxy) is 2. The molecule has 1 amide bonds. The molecule has 5 nitrogen and oxygen atoms in total. The molecule has 0 fully saturated rings. The van der Waals surface area contributed by atoms with Crippen LogP contribution in [0.1, 0.15) is 40.2 Å². The Hall–Kier alpha value is -1.88. The Balaban J connectivity index is 0.00000484. The lowest BCUT2D eigenvalue weighted by Gasteiger charge is -2.21. The first-order valence-electron chi connectivity index (χ1n) is 7.34. The van der Waals surface area contributed by atoms with Crippen LogP contribution in [-0.4, -0.2) is 31.2 Å². The van der Waals surface area contributed by atoms with E-state index in [0.717, 1.165) is 5.56 Å². The molecule has 0 spiro atoms. The standard InChI is InChI=1S/C17H25NO4.CH4/c1-17(2,3)22-15(19)10-14(12-21-4)16(20)18-11-13-8-6-5-7-9-13;/h5-9,14H,10-12H2,1-4H3,(H,18,20);1H4/t14-;/m1./s1. The van der Waals surface area contributed by atoms with Gasteiger partial charge < -0.3 is 14.8 Å². The topological polar surface area (TPSA) is 64.6 Å². The van der Waals surface area contributed by atoms with Crippen molar-refractivity contribution in [2.75, 3.05) is 13.7 Å². The van der Waals surface area contributed by atoms with Crippen LogP contribution >= 0.6 is 0 Å². The third-order valence-electron chi connectivity index (χ3n) is 2.88. The minimum absolute atomic E-state index is 0. The molecule has 0 aliphatic heterocycles. The predicted octanol–water partition coefficient (Wildman–Crippen LogP) is 2.93. The molecule has 0 saturated heterocycles. The molecule has 0 bridgehead atoms. The number of esters is 1. The van der Waals surface area contributed by atoms with E-state index in [-0.39, 0.29) is 26.4 Å². The molecule has 0 aromatic heterocycles. The number of hydrogen-bond acceptors (Lipinski definition) is 4. The summed E-state index contributed by atoms with van der Waals surface area (Å²) in [6.45, 7) is 6.00. The van der Waals surface area contributed by atoms with Crippen molar-refractivity contribution in [3.05, 3.63) is 35.9 Å². The van der Waals surface area contributed by atoms with E-state index in [4.69, 9.17) is 9.47 Å². The lowest BCUT2D eigenvalue weighted by molar-refractivity contribution is -0.158. The summed E-state index contributed by atoms with van der Waals surface area (Å²) in [6.07, 6.45) is 0.00569. The van der Waals surface area contributed by atoms with Gasteiger partial charge in [0.25, 0.3) is 0 Å². The Bertz CT molecular complexity index is 480. The zero-order chi connectivity index (χ0) is 16.6. The number of carbonyl (C=O) groups excluding carboxylic acids is 2. The van der Waals surface area contributed by atoms with E-state index in [9.17, 15) is 9.59 Å². The summed E-state index contributed by atoms with van der Waals surface area (Å²) in [4.78, 5) is 24.1. The van der Waals surface area contributed by atoms with Gasteiger partial charge in [0.15, 0.2) is 0 Å². The number of benzene rings is 1. The third-order valence-corrected chi connectivity index (χ3v) is 2.88. The minimum atomic E-state index is -0.560. The van der Waals surface area contributed by atoms with Gasteiger partial charge in [-0.2, -0.15) is 0 Å². The smallest absolute Gasteiger partial charge is 0.307 e. The molecule has 0 saturated carbocycles. The first-order valence-corrected chi connectivity index (χ1v) is 7.34. The molecule has 130 valence electrons. The number of hydrogen-bond donors (Lipinski definition) is 1. The van der Waals surface area contributed by atoms with Crippen LogP contribution in [0.2, 0.25) is 0 Å². The maximum Gasteiger partial charge on any atom is 0.307 e. The summed E-state index contributed by atoms with van der Waals surface area (Å²) in [7, 11) is 1.51. The highest BCUT2D eigenvalue weighted by atomic mass is 16.6. The fraction of sp³-hybridized carbons (Fsp3) is 0.556. The number of methoxy groups -OCH3 is 1. The summed E-state index contributed by atoms with van der Waals surface area (Å²) in [5.41, 5.74) is 0.444. The Labute approximate surface area is 139 Å². The van der Waals surface area contributed by atoms with Gasteiger partial charge in [-0.25, -0.2) is 0 Å². The van der Waals surface area contributed by atoms with Gasteiger partial charge in [-0.3, -0.25) is 9.59 Å². The van der Waals surface area contributed by atoms with Crippen molar-refractivity contribution in [1.82, 2.24) is 5.32 Å². The number of rotatable bonds is 7. The van der Waals surface area contributed by atoms with E-state index in [1.54, 1.807) is 20.8 Å². The molecule has 1 aromatic rings. The van der Waals surface area contributed by atoms with Crippen molar-refractivity contribution in [2.45, 2.75) is 46.8 Å². The largest absolute Gasteiger partial charge is 0.460 e. The van der Waals surface area contributed by atoms with Gasteiger partial charge in [0.05, 0.1) is 18.9 Å². The molecule has 0 radical (unpaired) electrons. The molecule has 1 atom stereocenters. The average molecular weight is 323 g/mol. The Morgan fingerprint density at radius 2 is 1.78 bits per heavy atom. The van der Waals surface area contributed by atoms with E-state index >= 15 is 0 Å². The van der Waals surface area contributed by atoms with Gasteiger partial charge in [0.2, 0.25) is 5.91 Å². The molecule has 0 heterocycles. The predicted molar refractivity (Wildman–Crippen MR) is 90.8 cm³/mol. The van der Waals surface area contributed by atoms with E-state index < -0.39 is 17.5 Å². The summed E-state index contributed by atoms with van der Waals surface area (Å²) >= 11 is 0. The van der Waals surface area contributed by atoms with Crippen LogP contribution in [0.5, 0.6) is 0 Å². The highest BCUT2D eigenvalue weighted by molar-refractivity contribution is 5.83. The second-order valence-electron chi connectivity index (χ2n) is 6.15. The second kappa shape index (κ2) is 10.0. The summed E-state index contributed by atoms with van der Waals surface area (Å²) in [6, 6.07) is 9.60. The summed E-state index contributed by atoms with van der Waals surface area (Å²) < 4.78 is 10.3. The van der Waals surface area contributed by atoms with Crippen molar-refractivity contribution in [3.8, 4) is 0 Å². The minimum Gasteiger partial charge on any atom is -0.460 e. The van der Waals surface area contributed by atoms with Gasteiger partial charge in [0.1, 0.15) is 5.60 Å². The lowest BCUT2D eigenvalue weighted by atomic mass is 10.1. The quantitative estimate of drug-likeness (QED) is 0.784. The maximum absolute atomic E-state index is 12.2. The lowest BCUT2D eigenvalue weighted by Crippen LogP contribution is -2.35. The van der Waals surface area contributed by atoms with E-state index in [0.29, 0.717) is 6.54 Å². The fourth-order valence-electron chi connectivity index (χ4n) is 1.94. The Morgan fingerprint density at radius 1 is 1.17 bits per heavy atom. The van der Waals surface area contributed by atoms with E-state index in [1.165, 1.54) is 7.11 Å². The monoisotopic (exact) mass is 323 g/mol. The molecular formula is C18H29NO4. The van der Waals surface area contributed by atoms with Crippen molar-refractivity contribution in [2.24, 2.45) is 5.92 Å². The van der Waals surface area contributed by atoms with E-state index in [1.807, 2.05) is 30.3 Å². The first-order chi connectivity index (χ1) is 10.3. The third kappa shape index (κ3) is 8.98. The van der Waals surface area contributed by atoms with Crippen molar-refractivity contribution in [3.63, 3.8) is 0 Å². The molecule has 0 aliphatic carbocycles. The normalized spacial score (nSPS) is 12.0. The molecule has 5 heteroatoms. The van der Waals surface area contributed by atoms with Crippen LogP contribution in [0, 0.1) is 5.92 Å². The van der Waals surface area contributed by atoms with Crippen LogP contribution in [-0.2, 0) is 25.6 Å². The van der Waals surface area contributed by atoms with Gasteiger partial charge in [-0.15, -0.1) is 0 Å². The Kier molecular flexibility index (Phi) is 9.18. The number of amides is 1. The molecule has 1 aromatic carbocycles. The first kappa shape index (κ1) is 21.1. The van der Waals surface area contributed by atoms with Crippen LogP contribution in [0.15, 0.2) is 30.3 Å². The highest BCUT2D eigenvalue weighted by Gasteiger charge is 2.25. The van der Waals surface area contributed by atoms with Crippen LogP contribution in [0.3, 0.4) is 0 Å². The Morgan fingerprint density at radius 3 is 2.30 bits per heavy atom. The van der Waals surface area contributed by atoms with Crippen molar-refractivity contribution in [1.29, 1.82) is 0 Å². The molecular weight excluding hydrogens is 294 g/mol. The SMILES string of the molecule is C.COC[C@@H](CC(=O)OC(C)(C)C)C(=O)NCc1ccccc1. The zero-order valence-electron chi connectivity index (χ0n) is 13.7. The van der Waals surface area contributed by atoms with Gasteiger partial charge >= 0.3 is 5.97 Å². The maximum atomic E-state index is 12.2. The molecule has 23 heavy (non-hydrogen) atoms. The molecule has 1 rings (SSSR count). The summed E-state index contributed by atoms with van der Waals surface area (Å²) in [5, 5.41) is 2.83. The highest BCUT2D eigenvalue weighted by Crippen LogP contribution is 2.13. The van der Waals surface area contributed by atoms with Gasteiger partial charge in [0, 0.05) is 13.7 Å². The average Bonchev–Trinajstić information content (AvgIpc) is 2.43. The van der Waals surface area contributed by atoms with Gasteiger partial charge in [-0.05, 0) is 26.3 Å². The van der Waals surface area contributed by atoms with Crippen LogP contribution < -0.4 is 5.32 Å². The van der Waals surface area contributed by atoms with Crippen molar-refractivity contribution >= 4 is 11.9 Å². The fourth-order valence-corrected chi connectivity index (χ4v) is 1.94. The van der Waals surface area contributed by atoms with Crippen molar-refractivity contribution < 1.29 is 19.1 Å². The molecule has 1 N–H and O–H groups in total. The van der Waals surface area contributed by atoms with E-state index in [2.05, 4.69) is 5.32 Å².